The lowest BCUT2D eigenvalue weighted by Crippen LogP contribution is -2.02. The van der Waals surface area contributed by atoms with E-state index >= 15 is 0 Å². The summed E-state index contributed by atoms with van der Waals surface area (Å²) in [5.41, 5.74) is 1.93. The van der Waals surface area contributed by atoms with Crippen molar-refractivity contribution in [3.63, 3.8) is 0 Å². The molecule has 0 aliphatic rings. The number of hydrogen-bond acceptors (Lipinski definition) is 4. The summed E-state index contributed by atoms with van der Waals surface area (Å²) in [5, 5.41) is 0. The van der Waals surface area contributed by atoms with Gasteiger partial charge in [0, 0.05) is 10.5 Å². The van der Waals surface area contributed by atoms with Crippen LogP contribution in [-0.4, -0.2) is 18.3 Å². The van der Waals surface area contributed by atoms with Gasteiger partial charge in [0.05, 0.1) is 9.14 Å². The van der Waals surface area contributed by atoms with Crippen LogP contribution in [0.1, 0.15) is 15.9 Å². The summed E-state index contributed by atoms with van der Waals surface area (Å²) in [5.74, 6) is 0.0887. The van der Waals surface area contributed by atoms with Crippen LogP contribution in [0.5, 0.6) is 0 Å². The molecular formula is C18H18OS3. The molecule has 0 aromatic heterocycles. The number of rotatable bonds is 6. The highest BCUT2D eigenvalue weighted by molar-refractivity contribution is 8.22. The Kier molecular flexibility index (Phi) is 6.68. The molecular weight excluding hydrogens is 328 g/mol. The van der Waals surface area contributed by atoms with Crippen LogP contribution in [0.3, 0.4) is 0 Å². The van der Waals surface area contributed by atoms with Crippen LogP contribution >= 0.6 is 35.3 Å². The van der Waals surface area contributed by atoms with Crippen LogP contribution < -0.4 is 0 Å². The van der Waals surface area contributed by atoms with E-state index in [0.717, 1.165) is 19.6 Å². The van der Waals surface area contributed by atoms with E-state index in [1.165, 1.54) is 5.56 Å². The quantitative estimate of drug-likeness (QED) is 0.370. The van der Waals surface area contributed by atoms with Crippen LogP contribution in [0.4, 0.5) is 0 Å². The van der Waals surface area contributed by atoms with Gasteiger partial charge in [-0.25, -0.2) is 0 Å². The van der Waals surface area contributed by atoms with Gasteiger partial charge in [0.1, 0.15) is 0 Å². The minimum absolute atomic E-state index is 0.0887. The predicted octanol–water partition coefficient (Wildman–Crippen LogP) is 5.87. The van der Waals surface area contributed by atoms with Gasteiger partial charge in [0.25, 0.3) is 0 Å². The third-order valence-corrected chi connectivity index (χ3v) is 6.50. The molecule has 2 aromatic rings. The first-order valence-corrected chi connectivity index (χ1v) is 10.1. The van der Waals surface area contributed by atoms with Crippen LogP contribution in [0.15, 0.2) is 68.6 Å². The molecule has 0 amide bonds. The molecule has 4 heteroatoms. The summed E-state index contributed by atoms with van der Waals surface area (Å²) in [6.45, 7) is 2.07. The first kappa shape index (κ1) is 17.3. The van der Waals surface area contributed by atoms with Gasteiger partial charge in [-0.1, -0.05) is 59.8 Å². The van der Waals surface area contributed by atoms with E-state index in [2.05, 4.69) is 19.1 Å². The van der Waals surface area contributed by atoms with Crippen molar-refractivity contribution in [2.75, 3.05) is 12.5 Å². The van der Waals surface area contributed by atoms with Gasteiger partial charge in [0.2, 0.25) is 5.78 Å². The van der Waals surface area contributed by atoms with Crippen molar-refractivity contribution < 1.29 is 4.79 Å². The Bertz CT molecular complexity index is 672. The molecule has 0 N–H and O–H groups in total. The number of carbonyl (C=O) groups is 1. The van der Waals surface area contributed by atoms with Gasteiger partial charge < -0.3 is 0 Å². The second-order valence-electron chi connectivity index (χ2n) is 4.64. The minimum atomic E-state index is 0.0887. The zero-order valence-electron chi connectivity index (χ0n) is 12.8. The molecule has 0 bridgehead atoms. The lowest BCUT2D eigenvalue weighted by molar-refractivity contribution is 0.104. The van der Waals surface area contributed by atoms with Gasteiger partial charge in [0.15, 0.2) is 0 Å². The van der Waals surface area contributed by atoms with Gasteiger partial charge in [-0.15, -0.1) is 23.5 Å². The first-order valence-electron chi connectivity index (χ1n) is 6.82. The maximum absolute atomic E-state index is 12.9. The lowest BCUT2D eigenvalue weighted by Gasteiger charge is -2.11. The van der Waals surface area contributed by atoms with E-state index in [1.807, 2.05) is 55.0 Å². The number of aryl methyl sites for hydroxylation is 1. The summed E-state index contributed by atoms with van der Waals surface area (Å²) < 4.78 is 1.06. The maximum atomic E-state index is 12.9. The number of Topliss-reactive ketones (excluding diaryl/α,β-unsaturated/α-hetero) is 1. The molecule has 0 unspecified atom stereocenters. The normalized spacial score (nSPS) is 10.3. The Morgan fingerprint density at radius 1 is 0.909 bits per heavy atom. The van der Waals surface area contributed by atoms with E-state index in [-0.39, 0.29) is 5.78 Å². The van der Waals surface area contributed by atoms with Crippen LogP contribution in [0.25, 0.3) is 0 Å². The van der Waals surface area contributed by atoms with Crippen molar-refractivity contribution in [2.45, 2.75) is 11.8 Å². The molecule has 0 fully saturated rings. The molecule has 2 rings (SSSR count). The van der Waals surface area contributed by atoms with Crippen molar-refractivity contribution in [3.05, 3.63) is 74.9 Å². The van der Waals surface area contributed by atoms with E-state index in [9.17, 15) is 4.79 Å². The van der Waals surface area contributed by atoms with Gasteiger partial charge in [-0.2, -0.15) is 0 Å². The molecule has 0 aliphatic carbocycles. The highest BCUT2D eigenvalue weighted by Gasteiger charge is 2.18. The Morgan fingerprint density at radius 3 is 2.18 bits per heavy atom. The van der Waals surface area contributed by atoms with Crippen molar-refractivity contribution in [2.24, 2.45) is 0 Å². The monoisotopic (exact) mass is 346 g/mol. The average Bonchev–Trinajstić information content (AvgIpc) is 2.55. The van der Waals surface area contributed by atoms with Gasteiger partial charge >= 0.3 is 0 Å². The van der Waals surface area contributed by atoms with E-state index < -0.39 is 0 Å². The highest BCUT2D eigenvalue weighted by atomic mass is 32.2. The fourth-order valence-corrected chi connectivity index (χ4v) is 4.86. The van der Waals surface area contributed by atoms with Crippen molar-refractivity contribution >= 4 is 41.1 Å². The topological polar surface area (TPSA) is 17.1 Å². The maximum Gasteiger partial charge on any atom is 0.201 e. The molecule has 0 heterocycles. The van der Waals surface area contributed by atoms with Crippen LogP contribution in [0, 0.1) is 6.92 Å². The predicted molar refractivity (Wildman–Crippen MR) is 102 cm³/mol. The first-order chi connectivity index (χ1) is 10.7. The zero-order valence-corrected chi connectivity index (χ0v) is 15.3. The Morgan fingerprint density at radius 2 is 1.59 bits per heavy atom. The van der Waals surface area contributed by atoms with E-state index in [0.29, 0.717) is 0 Å². The molecule has 0 radical (unpaired) electrons. The second kappa shape index (κ2) is 8.51. The average molecular weight is 347 g/mol. The number of hydrogen-bond donors (Lipinski definition) is 0. The molecule has 0 saturated heterocycles. The molecule has 0 spiro atoms. The highest BCUT2D eigenvalue weighted by Crippen LogP contribution is 2.39. The molecule has 1 nitrogen and oxygen atoms in total. The van der Waals surface area contributed by atoms with Gasteiger partial charge in [-0.05, 0) is 31.6 Å². The summed E-state index contributed by atoms with van der Waals surface area (Å²) in [7, 11) is 0. The van der Waals surface area contributed by atoms with Crippen molar-refractivity contribution in [1.29, 1.82) is 0 Å². The molecule has 22 heavy (non-hydrogen) atoms. The Labute approximate surface area is 145 Å². The van der Waals surface area contributed by atoms with Crippen LogP contribution in [-0.2, 0) is 0 Å². The summed E-state index contributed by atoms with van der Waals surface area (Å²) in [6.07, 6.45) is 4.03. The summed E-state index contributed by atoms with van der Waals surface area (Å²) in [4.78, 5) is 14.8. The SMILES string of the molecule is CSC(SC)=C(Sc1cccc(C)c1)C(=O)c1ccccc1. The van der Waals surface area contributed by atoms with E-state index in [1.54, 1.807) is 35.3 Å². The lowest BCUT2D eigenvalue weighted by atomic mass is 10.1. The second-order valence-corrected chi connectivity index (χ2v) is 7.61. The summed E-state index contributed by atoms with van der Waals surface area (Å²) >= 11 is 4.80. The van der Waals surface area contributed by atoms with Crippen molar-refractivity contribution in [3.8, 4) is 0 Å². The number of benzene rings is 2. The van der Waals surface area contributed by atoms with Crippen LogP contribution in [0.2, 0.25) is 0 Å². The smallest absolute Gasteiger partial charge is 0.201 e. The molecule has 0 atom stereocenters. The molecule has 0 saturated carbocycles. The minimum Gasteiger partial charge on any atom is -0.288 e. The largest absolute Gasteiger partial charge is 0.288 e. The van der Waals surface area contributed by atoms with Gasteiger partial charge in [-0.3, -0.25) is 4.79 Å². The third kappa shape index (κ3) is 4.45. The van der Waals surface area contributed by atoms with E-state index in [4.69, 9.17) is 0 Å². The number of carbonyl (C=O) groups excluding carboxylic acids is 1. The summed E-state index contributed by atoms with van der Waals surface area (Å²) in [6, 6.07) is 17.7. The third-order valence-electron chi connectivity index (χ3n) is 3.01. The standard InChI is InChI=1S/C18H18OS3/c1-13-8-7-11-15(12-13)22-17(18(20-2)21-3)16(19)14-9-5-4-6-10-14/h4-12H,1-3H3. The Hall–Kier alpha value is -1.10. The fraction of sp³-hybridized carbons (Fsp3) is 0.167. The number of ketones is 1. The Balaban J connectivity index is 2.40. The number of allylic oxidation sites excluding steroid dienone is 1. The zero-order chi connectivity index (χ0) is 15.9. The molecule has 0 aliphatic heterocycles. The van der Waals surface area contributed by atoms with Crippen molar-refractivity contribution in [1.82, 2.24) is 0 Å². The number of thioether (sulfide) groups is 3. The molecule has 2 aromatic carbocycles. The fourth-order valence-electron chi connectivity index (χ4n) is 1.97. The molecule has 114 valence electrons.